The average molecular weight is 357 g/mol. The molecule has 2 amide bonds. The molecule has 5 nitrogen and oxygen atoms in total. The van der Waals surface area contributed by atoms with Crippen molar-refractivity contribution >= 4 is 23.2 Å². The summed E-state index contributed by atoms with van der Waals surface area (Å²) in [5.41, 5.74) is 1.89. The Morgan fingerprint density at radius 2 is 2.12 bits per heavy atom. The van der Waals surface area contributed by atoms with E-state index in [1.807, 2.05) is 47.5 Å². The normalized spacial score (nSPS) is 17.3. The lowest BCUT2D eigenvalue weighted by molar-refractivity contribution is -0.133. The smallest absolute Gasteiger partial charge is 0.228 e. The van der Waals surface area contributed by atoms with Crippen molar-refractivity contribution in [2.45, 2.75) is 38.6 Å². The molecule has 0 saturated carbocycles. The van der Waals surface area contributed by atoms with Crippen LogP contribution < -0.4 is 5.32 Å². The largest absolute Gasteiger partial charge is 0.352 e. The Balaban J connectivity index is 1.58. The third-order valence-electron chi connectivity index (χ3n) is 4.37. The van der Waals surface area contributed by atoms with Gasteiger partial charge in [0.05, 0.1) is 12.1 Å². The maximum Gasteiger partial charge on any atom is 0.228 e. The number of amides is 2. The van der Waals surface area contributed by atoms with Crippen molar-refractivity contribution in [1.29, 1.82) is 0 Å². The summed E-state index contributed by atoms with van der Waals surface area (Å²) in [7, 11) is 0. The van der Waals surface area contributed by atoms with E-state index in [4.69, 9.17) is 0 Å². The van der Waals surface area contributed by atoms with Gasteiger partial charge in [-0.2, -0.15) is 0 Å². The molecule has 1 aromatic heterocycles. The van der Waals surface area contributed by atoms with Gasteiger partial charge in [0.1, 0.15) is 5.01 Å². The monoisotopic (exact) mass is 357 g/mol. The predicted octanol–water partition coefficient (Wildman–Crippen LogP) is 2.87. The maximum atomic E-state index is 12.6. The molecule has 0 spiro atoms. The summed E-state index contributed by atoms with van der Waals surface area (Å²) in [4.78, 5) is 30.6. The highest BCUT2D eigenvalue weighted by atomic mass is 32.1. The molecule has 1 atom stereocenters. The molecule has 0 aliphatic carbocycles. The summed E-state index contributed by atoms with van der Waals surface area (Å²) >= 11 is 1.56. The number of thiazole rings is 1. The molecule has 1 fully saturated rings. The molecule has 132 valence electrons. The summed E-state index contributed by atoms with van der Waals surface area (Å²) < 4.78 is 0. The minimum atomic E-state index is 0.0475. The van der Waals surface area contributed by atoms with Gasteiger partial charge in [0, 0.05) is 36.5 Å². The van der Waals surface area contributed by atoms with Gasteiger partial charge in [0.15, 0.2) is 0 Å². The van der Waals surface area contributed by atoms with Crippen LogP contribution >= 0.6 is 11.3 Å². The number of benzene rings is 1. The third kappa shape index (κ3) is 4.66. The van der Waals surface area contributed by atoms with E-state index >= 15 is 0 Å². The Morgan fingerprint density at radius 1 is 1.32 bits per heavy atom. The van der Waals surface area contributed by atoms with Crippen molar-refractivity contribution in [3.05, 3.63) is 41.4 Å². The van der Waals surface area contributed by atoms with Crippen LogP contribution in [0.3, 0.4) is 0 Å². The molecule has 2 heterocycles. The summed E-state index contributed by atoms with van der Waals surface area (Å²) in [6.45, 7) is 3.20. The van der Waals surface area contributed by atoms with Gasteiger partial charge in [-0.05, 0) is 12.8 Å². The number of hydrogen-bond donors (Lipinski definition) is 1. The SMILES string of the molecule is CCC(=O)NC1CCCN(C(=O)Cc2csc(-c3ccccc3)n2)C1. The van der Waals surface area contributed by atoms with Crippen LogP contribution in [0.2, 0.25) is 0 Å². The van der Waals surface area contributed by atoms with Crippen molar-refractivity contribution in [2.75, 3.05) is 13.1 Å². The maximum absolute atomic E-state index is 12.6. The van der Waals surface area contributed by atoms with Gasteiger partial charge in [-0.3, -0.25) is 9.59 Å². The standard InChI is InChI=1S/C19H23N3O2S/c1-2-17(23)20-15-9-6-10-22(12-15)18(24)11-16-13-25-19(21-16)14-7-4-3-5-8-14/h3-5,7-8,13,15H,2,6,9-12H2,1H3,(H,20,23). The van der Waals surface area contributed by atoms with Crippen LogP contribution in [0, 0.1) is 0 Å². The van der Waals surface area contributed by atoms with Crippen LogP contribution in [-0.2, 0) is 16.0 Å². The van der Waals surface area contributed by atoms with Gasteiger partial charge >= 0.3 is 0 Å². The van der Waals surface area contributed by atoms with Gasteiger partial charge < -0.3 is 10.2 Å². The highest BCUT2D eigenvalue weighted by molar-refractivity contribution is 7.13. The van der Waals surface area contributed by atoms with Crippen LogP contribution in [0.5, 0.6) is 0 Å². The fraction of sp³-hybridized carbons (Fsp3) is 0.421. The van der Waals surface area contributed by atoms with Crippen LogP contribution in [0.4, 0.5) is 0 Å². The van der Waals surface area contributed by atoms with Crippen LogP contribution in [-0.4, -0.2) is 40.8 Å². The molecule has 0 bridgehead atoms. The van der Waals surface area contributed by atoms with E-state index in [2.05, 4.69) is 10.3 Å². The van der Waals surface area contributed by atoms with E-state index in [-0.39, 0.29) is 17.9 Å². The summed E-state index contributed by atoms with van der Waals surface area (Å²) in [6, 6.07) is 10.1. The highest BCUT2D eigenvalue weighted by Gasteiger charge is 2.25. The zero-order valence-corrected chi connectivity index (χ0v) is 15.2. The van der Waals surface area contributed by atoms with E-state index in [0.29, 0.717) is 19.4 Å². The van der Waals surface area contributed by atoms with E-state index in [1.54, 1.807) is 11.3 Å². The van der Waals surface area contributed by atoms with Crippen LogP contribution in [0.15, 0.2) is 35.7 Å². The highest BCUT2D eigenvalue weighted by Crippen LogP contribution is 2.24. The lowest BCUT2D eigenvalue weighted by atomic mass is 10.0. The molecule has 1 aromatic carbocycles. The number of likely N-dealkylation sites (tertiary alicyclic amines) is 1. The Bertz CT molecular complexity index is 729. The molecule has 2 aromatic rings. The van der Waals surface area contributed by atoms with E-state index in [0.717, 1.165) is 35.7 Å². The van der Waals surface area contributed by atoms with Crippen LogP contribution in [0.1, 0.15) is 31.9 Å². The molecule has 6 heteroatoms. The third-order valence-corrected chi connectivity index (χ3v) is 5.31. The summed E-state index contributed by atoms with van der Waals surface area (Å²) in [5.74, 6) is 0.131. The lowest BCUT2D eigenvalue weighted by Crippen LogP contribution is -2.49. The number of rotatable bonds is 5. The molecular weight excluding hydrogens is 334 g/mol. The van der Waals surface area contributed by atoms with Crippen LogP contribution in [0.25, 0.3) is 10.6 Å². The number of nitrogens with zero attached hydrogens (tertiary/aromatic N) is 2. The Labute approximate surface area is 152 Å². The van der Waals surface area contributed by atoms with Gasteiger partial charge in [-0.15, -0.1) is 11.3 Å². The first-order chi connectivity index (χ1) is 12.2. The fourth-order valence-electron chi connectivity index (χ4n) is 3.02. The number of carbonyl (C=O) groups is 2. The van der Waals surface area contributed by atoms with Gasteiger partial charge in [0.2, 0.25) is 11.8 Å². The first-order valence-corrected chi connectivity index (χ1v) is 9.60. The van der Waals surface area contributed by atoms with Crippen molar-refractivity contribution < 1.29 is 9.59 Å². The van der Waals surface area contributed by atoms with E-state index in [9.17, 15) is 9.59 Å². The second kappa shape index (κ2) is 8.25. The number of aromatic nitrogens is 1. The molecule has 0 radical (unpaired) electrons. The second-order valence-electron chi connectivity index (χ2n) is 6.29. The number of hydrogen-bond acceptors (Lipinski definition) is 4. The zero-order chi connectivity index (χ0) is 17.6. The molecular formula is C19H23N3O2S. The summed E-state index contributed by atoms with van der Waals surface area (Å²) in [6.07, 6.45) is 2.65. The number of piperidine rings is 1. The second-order valence-corrected chi connectivity index (χ2v) is 7.14. The van der Waals surface area contributed by atoms with Crippen molar-refractivity contribution in [2.24, 2.45) is 0 Å². The zero-order valence-electron chi connectivity index (χ0n) is 14.4. The molecule has 25 heavy (non-hydrogen) atoms. The molecule has 1 saturated heterocycles. The summed E-state index contributed by atoms with van der Waals surface area (Å²) in [5, 5.41) is 5.90. The van der Waals surface area contributed by atoms with E-state index in [1.165, 1.54) is 0 Å². The molecule has 1 unspecified atom stereocenters. The van der Waals surface area contributed by atoms with Gasteiger partial charge in [0.25, 0.3) is 0 Å². The van der Waals surface area contributed by atoms with Gasteiger partial charge in [-0.1, -0.05) is 37.3 Å². The van der Waals surface area contributed by atoms with Crippen molar-refractivity contribution in [3.8, 4) is 10.6 Å². The average Bonchev–Trinajstić information content (AvgIpc) is 3.11. The number of nitrogens with one attached hydrogen (secondary N) is 1. The molecule has 1 N–H and O–H groups in total. The minimum absolute atomic E-state index is 0.0475. The molecule has 1 aliphatic heterocycles. The fourth-order valence-corrected chi connectivity index (χ4v) is 3.85. The molecule has 1 aliphatic rings. The Kier molecular flexibility index (Phi) is 5.81. The Hall–Kier alpha value is -2.21. The van der Waals surface area contributed by atoms with Gasteiger partial charge in [-0.25, -0.2) is 4.98 Å². The lowest BCUT2D eigenvalue weighted by Gasteiger charge is -2.33. The molecule has 3 rings (SSSR count). The predicted molar refractivity (Wildman–Crippen MR) is 99.3 cm³/mol. The first-order valence-electron chi connectivity index (χ1n) is 8.72. The van der Waals surface area contributed by atoms with Crippen molar-refractivity contribution in [1.82, 2.24) is 15.2 Å². The minimum Gasteiger partial charge on any atom is -0.352 e. The Morgan fingerprint density at radius 3 is 2.88 bits per heavy atom. The number of carbonyl (C=O) groups excluding carboxylic acids is 2. The van der Waals surface area contributed by atoms with Crippen molar-refractivity contribution in [3.63, 3.8) is 0 Å². The first kappa shape index (κ1) is 17.6. The van der Waals surface area contributed by atoms with E-state index < -0.39 is 0 Å². The quantitative estimate of drug-likeness (QED) is 0.895. The topological polar surface area (TPSA) is 62.3 Å².